The van der Waals surface area contributed by atoms with Gasteiger partial charge in [-0.05, 0) is 44.0 Å². The number of halogens is 2. The highest BCUT2D eigenvalue weighted by Crippen LogP contribution is 2.17. The van der Waals surface area contributed by atoms with E-state index in [-0.39, 0.29) is 11.7 Å². The molecule has 4 heteroatoms. The number of rotatable bonds is 7. The molecule has 0 N–H and O–H groups in total. The Morgan fingerprint density at radius 1 is 1.35 bits per heavy atom. The number of carbonyl (C=O) groups is 1. The van der Waals surface area contributed by atoms with E-state index in [1.54, 1.807) is 6.92 Å². The quantitative estimate of drug-likeness (QED) is 0.709. The van der Waals surface area contributed by atoms with E-state index in [9.17, 15) is 4.79 Å². The first kappa shape index (κ1) is 14.5. The summed E-state index contributed by atoms with van der Waals surface area (Å²) in [6, 6.07) is 7.65. The van der Waals surface area contributed by atoms with Gasteiger partial charge >= 0.3 is 0 Å². The van der Waals surface area contributed by atoms with Crippen molar-refractivity contribution in [1.82, 2.24) is 0 Å². The lowest BCUT2D eigenvalue weighted by molar-refractivity contribution is -0.121. The van der Waals surface area contributed by atoms with E-state index in [0.717, 1.165) is 23.1 Å². The van der Waals surface area contributed by atoms with Crippen molar-refractivity contribution in [2.24, 2.45) is 5.92 Å². The van der Waals surface area contributed by atoms with Gasteiger partial charge in [0.05, 0.1) is 6.61 Å². The van der Waals surface area contributed by atoms with Gasteiger partial charge in [-0.15, -0.1) is 11.6 Å². The number of ether oxygens (including phenoxy) is 1. The molecule has 0 amide bonds. The molecule has 0 aliphatic heterocycles. The van der Waals surface area contributed by atoms with Crippen LogP contribution in [0.3, 0.4) is 0 Å². The van der Waals surface area contributed by atoms with Gasteiger partial charge in [0.15, 0.2) is 0 Å². The zero-order chi connectivity index (χ0) is 12.7. The monoisotopic (exact) mass is 318 g/mol. The summed E-state index contributed by atoms with van der Waals surface area (Å²) < 4.78 is 6.59. The molecule has 1 rings (SSSR count). The van der Waals surface area contributed by atoms with Gasteiger partial charge in [-0.1, -0.05) is 15.9 Å². The molecule has 0 aliphatic rings. The average molecular weight is 320 g/mol. The van der Waals surface area contributed by atoms with Gasteiger partial charge in [0, 0.05) is 16.3 Å². The largest absolute Gasteiger partial charge is 0.494 e. The Bertz CT molecular complexity index is 351. The predicted molar refractivity (Wildman–Crippen MR) is 73.8 cm³/mol. The molecule has 0 radical (unpaired) electrons. The summed E-state index contributed by atoms with van der Waals surface area (Å²) in [6.45, 7) is 2.15. The molecule has 1 aromatic rings. The topological polar surface area (TPSA) is 26.3 Å². The number of hydrogen-bond acceptors (Lipinski definition) is 2. The molecule has 1 atom stereocenters. The van der Waals surface area contributed by atoms with E-state index < -0.39 is 0 Å². The minimum Gasteiger partial charge on any atom is -0.494 e. The molecule has 94 valence electrons. The lowest BCUT2D eigenvalue weighted by atomic mass is 9.99. The van der Waals surface area contributed by atoms with Gasteiger partial charge in [0.2, 0.25) is 0 Å². The molecule has 0 aliphatic carbocycles. The van der Waals surface area contributed by atoms with E-state index in [1.165, 1.54) is 0 Å². The van der Waals surface area contributed by atoms with Crippen molar-refractivity contribution < 1.29 is 9.53 Å². The summed E-state index contributed by atoms with van der Waals surface area (Å²) >= 11 is 9.02. The minimum atomic E-state index is 0.0166. The Balaban J connectivity index is 2.35. The van der Waals surface area contributed by atoms with Crippen LogP contribution in [0.1, 0.15) is 19.8 Å². The molecule has 0 saturated heterocycles. The summed E-state index contributed by atoms with van der Waals surface area (Å²) in [5, 5.41) is 0. The first-order chi connectivity index (χ1) is 8.13. The third-order valence-electron chi connectivity index (χ3n) is 2.58. The van der Waals surface area contributed by atoms with Crippen LogP contribution in [-0.4, -0.2) is 18.3 Å². The Hall–Kier alpha value is -0.540. The van der Waals surface area contributed by atoms with Crippen LogP contribution >= 0.6 is 27.5 Å². The second-order valence-electron chi connectivity index (χ2n) is 3.88. The molecule has 0 bridgehead atoms. The van der Waals surface area contributed by atoms with Crippen LogP contribution in [-0.2, 0) is 4.79 Å². The van der Waals surface area contributed by atoms with Crippen molar-refractivity contribution >= 4 is 33.3 Å². The van der Waals surface area contributed by atoms with Gasteiger partial charge in [0.1, 0.15) is 11.5 Å². The Morgan fingerprint density at radius 2 is 2.00 bits per heavy atom. The fraction of sp³-hybridized carbons (Fsp3) is 0.462. The maximum absolute atomic E-state index is 11.3. The number of ketones is 1. The molecule has 2 nitrogen and oxygen atoms in total. The zero-order valence-electron chi connectivity index (χ0n) is 9.79. The SMILES string of the molecule is CC(=O)C(CCCl)CCOc1ccc(Br)cc1. The standard InChI is InChI=1S/C13H16BrClO2/c1-10(16)11(6-8-15)7-9-17-13-4-2-12(14)3-5-13/h2-5,11H,6-9H2,1H3. The molecule has 17 heavy (non-hydrogen) atoms. The third-order valence-corrected chi connectivity index (χ3v) is 3.33. The second-order valence-corrected chi connectivity index (χ2v) is 5.17. The number of alkyl halides is 1. The van der Waals surface area contributed by atoms with Crippen molar-refractivity contribution in [1.29, 1.82) is 0 Å². The van der Waals surface area contributed by atoms with Crippen LogP contribution in [0.2, 0.25) is 0 Å². The van der Waals surface area contributed by atoms with Crippen molar-refractivity contribution in [3.63, 3.8) is 0 Å². The summed E-state index contributed by atoms with van der Waals surface area (Å²) in [4.78, 5) is 11.3. The van der Waals surface area contributed by atoms with Crippen molar-refractivity contribution in [2.75, 3.05) is 12.5 Å². The number of carbonyl (C=O) groups excluding carboxylic acids is 1. The van der Waals surface area contributed by atoms with Crippen LogP contribution in [0.5, 0.6) is 5.75 Å². The highest BCUT2D eigenvalue weighted by Gasteiger charge is 2.13. The molecule has 0 saturated carbocycles. The number of Topliss-reactive ketones (excluding diaryl/α,β-unsaturated/α-hetero) is 1. The van der Waals surface area contributed by atoms with Gasteiger partial charge < -0.3 is 4.74 Å². The number of hydrogen-bond donors (Lipinski definition) is 0. The smallest absolute Gasteiger partial charge is 0.133 e. The van der Waals surface area contributed by atoms with Crippen LogP contribution in [0.15, 0.2) is 28.7 Å². The average Bonchev–Trinajstić information content (AvgIpc) is 2.30. The summed E-state index contributed by atoms with van der Waals surface area (Å²) in [6.07, 6.45) is 1.44. The maximum atomic E-state index is 11.3. The van der Waals surface area contributed by atoms with E-state index in [4.69, 9.17) is 16.3 Å². The van der Waals surface area contributed by atoms with Crippen LogP contribution in [0.25, 0.3) is 0 Å². The van der Waals surface area contributed by atoms with Crippen molar-refractivity contribution in [3.05, 3.63) is 28.7 Å². The van der Waals surface area contributed by atoms with Crippen molar-refractivity contribution in [3.8, 4) is 5.75 Å². The lowest BCUT2D eigenvalue weighted by Crippen LogP contribution is -2.15. The molecule has 0 spiro atoms. The highest BCUT2D eigenvalue weighted by atomic mass is 79.9. The van der Waals surface area contributed by atoms with E-state index in [1.807, 2.05) is 24.3 Å². The first-order valence-corrected chi connectivity index (χ1v) is 6.91. The molecular weight excluding hydrogens is 303 g/mol. The van der Waals surface area contributed by atoms with Crippen LogP contribution < -0.4 is 4.74 Å². The summed E-state index contributed by atoms with van der Waals surface area (Å²) in [5.41, 5.74) is 0. The fourth-order valence-corrected chi connectivity index (χ4v) is 2.06. The Kier molecular flexibility index (Phi) is 6.60. The van der Waals surface area contributed by atoms with Gasteiger partial charge in [-0.2, -0.15) is 0 Å². The van der Waals surface area contributed by atoms with Crippen LogP contribution in [0.4, 0.5) is 0 Å². The highest BCUT2D eigenvalue weighted by molar-refractivity contribution is 9.10. The Labute approximate surface area is 115 Å². The second kappa shape index (κ2) is 7.72. The normalized spacial score (nSPS) is 12.2. The van der Waals surface area contributed by atoms with E-state index in [0.29, 0.717) is 12.5 Å². The minimum absolute atomic E-state index is 0.0166. The fourth-order valence-electron chi connectivity index (χ4n) is 1.53. The third kappa shape index (κ3) is 5.55. The van der Waals surface area contributed by atoms with Crippen LogP contribution in [0, 0.1) is 5.92 Å². The predicted octanol–water partition coefficient (Wildman–Crippen LogP) is 4.05. The molecule has 1 aromatic carbocycles. The Morgan fingerprint density at radius 3 is 2.53 bits per heavy atom. The van der Waals surface area contributed by atoms with Gasteiger partial charge in [-0.3, -0.25) is 4.79 Å². The molecule has 0 fully saturated rings. The van der Waals surface area contributed by atoms with Gasteiger partial charge in [0.25, 0.3) is 0 Å². The molecular formula is C13H16BrClO2. The van der Waals surface area contributed by atoms with E-state index >= 15 is 0 Å². The maximum Gasteiger partial charge on any atom is 0.133 e. The summed E-state index contributed by atoms with van der Waals surface area (Å²) in [5.74, 6) is 1.54. The van der Waals surface area contributed by atoms with Crippen molar-refractivity contribution in [2.45, 2.75) is 19.8 Å². The lowest BCUT2D eigenvalue weighted by Gasteiger charge is -2.12. The summed E-state index contributed by atoms with van der Waals surface area (Å²) in [7, 11) is 0. The molecule has 0 aromatic heterocycles. The number of benzene rings is 1. The zero-order valence-corrected chi connectivity index (χ0v) is 12.1. The molecule has 0 heterocycles. The first-order valence-electron chi connectivity index (χ1n) is 5.58. The van der Waals surface area contributed by atoms with E-state index in [2.05, 4.69) is 15.9 Å². The van der Waals surface area contributed by atoms with Gasteiger partial charge in [-0.25, -0.2) is 0 Å². The molecule has 1 unspecified atom stereocenters.